The number of aryl methyl sites for hydroxylation is 2. The third-order valence-corrected chi connectivity index (χ3v) is 6.27. The topological polar surface area (TPSA) is 61.2 Å². The Bertz CT molecular complexity index is 657. The molecule has 1 aromatic carbocycles. The average molecular weight is 306 g/mol. The van der Waals surface area contributed by atoms with E-state index in [1.807, 2.05) is 32.9 Å². The zero-order valence-electron chi connectivity index (χ0n) is 12.8. The number of benzene rings is 1. The molecule has 0 amide bonds. The molecule has 4 nitrogen and oxygen atoms in total. The second kappa shape index (κ2) is 6.17. The van der Waals surface area contributed by atoms with E-state index in [-0.39, 0.29) is 19.0 Å². The summed E-state index contributed by atoms with van der Waals surface area (Å²) in [5, 5.41) is 8.81. The first kappa shape index (κ1) is 16.0. The van der Waals surface area contributed by atoms with Gasteiger partial charge in [0.25, 0.3) is 0 Å². The van der Waals surface area contributed by atoms with Crippen molar-refractivity contribution in [3.05, 3.63) is 29.3 Å². The Morgan fingerprint density at radius 3 is 2.57 bits per heavy atom. The summed E-state index contributed by atoms with van der Waals surface area (Å²) in [5.41, 5.74) is 1.81. The van der Waals surface area contributed by atoms with Crippen LogP contribution in [0.5, 0.6) is 0 Å². The molecule has 0 spiro atoms. The molecule has 0 saturated heterocycles. The van der Waals surface area contributed by atoms with Gasteiger partial charge in [-0.2, -0.15) is 9.57 Å². The molecule has 1 aliphatic carbocycles. The Kier molecular flexibility index (Phi) is 4.70. The Balaban J connectivity index is 2.38. The molecule has 5 heteroatoms. The van der Waals surface area contributed by atoms with Gasteiger partial charge in [0.05, 0.1) is 11.0 Å². The van der Waals surface area contributed by atoms with E-state index in [0.29, 0.717) is 10.8 Å². The number of nitrogens with zero attached hydrogens (tertiary/aromatic N) is 2. The lowest BCUT2D eigenvalue weighted by Gasteiger charge is -2.28. The molecule has 0 aromatic heterocycles. The van der Waals surface area contributed by atoms with Crippen LogP contribution < -0.4 is 0 Å². The van der Waals surface area contributed by atoms with Crippen molar-refractivity contribution in [2.45, 2.75) is 51.0 Å². The fourth-order valence-corrected chi connectivity index (χ4v) is 4.63. The highest BCUT2D eigenvalue weighted by atomic mass is 32.2. The summed E-state index contributed by atoms with van der Waals surface area (Å²) in [7, 11) is -3.54. The predicted molar refractivity (Wildman–Crippen MR) is 82.2 cm³/mol. The fourth-order valence-electron chi connectivity index (χ4n) is 2.73. The van der Waals surface area contributed by atoms with Crippen molar-refractivity contribution in [2.75, 3.05) is 6.54 Å². The van der Waals surface area contributed by atoms with Crippen LogP contribution in [0.4, 0.5) is 0 Å². The average Bonchev–Trinajstić information content (AvgIpc) is 3.22. The minimum Gasteiger partial charge on any atom is -0.207 e. The van der Waals surface area contributed by atoms with Crippen molar-refractivity contribution in [3.63, 3.8) is 0 Å². The molecule has 1 aromatic rings. The van der Waals surface area contributed by atoms with Crippen LogP contribution in [0.2, 0.25) is 0 Å². The quantitative estimate of drug-likeness (QED) is 0.811. The summed E-state index contributed by atoms with van der Waals surface area (Å²) < 4.78 is 27.4. The molecule has 21 heavy (non-hydrogen) atoms. The Morgan fingerprint density at radius 1 is 1.38 bits per heavy atom. The minimum absolute atomic E-state index is 0.0379. The summed E-state index contributed by atoms with van der Waals surface area (Å²) in [6.07, 6.45) is 2.38. The molecule has 1 unspecified atom stereocenters. The third kappa shape index (κ3) is 3.45. The van der Waals surface area contributed by atoms with Gasteiger partial charge in [-0.15, -0.1) is 0 Å². The van der Waals surface area contributed by atoms with Crippen molar-refractivity contribution in [3.8, 4) is 6.07 Å². The SMILES string of the molecule is Cc1ccc(S(=O)(=O)N(CCC#N)C(C)C2CC2)c(C)c1. The minimum atomic E-state index is -3.54. The molecule has 0 N–H and O–H groups in total. The molecule has 1 fully saturated rings. The highest BCUT2D eigenvalue weighted by molar-refractivity contribution is 7.89. The van der Waals surface area contributed by atoms with E-state index < -0.39 is 10.0 Å². The second-order valence-electron chi connectivity index (χ2n) is 5.87. The highest BCUT2D eigenvalue weighted by Gasteiger charge is 2.38. The van der Waals surface area contributed by atoms with Crippen LogP contribution in [-0.2, 0) is 10.0 Å². The largest absolute Gasteiger partial charge is 0.243 e. The van der Waals surface area contributed by atoms with E-state index in [1.54, 1.807) is 6.07 Å². The first-order valence-corrected chi connectivity index (χ1v) is 8.78. The number of hydrogen-bond donors (Lipinski definition) is 0. The van der Waals surface area contributed by atoms with Crippen LogP contribution in [-0.4, -0.2) is 25.3 Å². The standard InChI is InChI=1S/C16H22N2O2S/c1-12-5-8-16(13(2)11-12)21(19,20)18(10-4-9-17)14(3)15-6-7-15/h5,8,11,14-15H,4,6-7,10H2,1-3H3. The van der Waals surface area contributed by atoms with Crippen molar-refractivity contribution in [1.29, 1.82) is 5.26 Å². The van der Waals surface area contributed by atoms with E-state index in [0.717, 1.165) is 24.0 Å². The van der Waals surface area contributed by atoms with Crippen LogP contribution in [0.15, 0.2) is 23.1 Å². The van der Waals surface area contributed by atoms with Crippen LogP contribution >= 0.6 is 0 Å². The van der Waals surface area contributed by atoms with E-state index in [9.17, 15) is 8.42 Å². The Labute approximate surface area is 127 Å². The first-order valence-electron chi connectivity index (χ1n) is 7.34. The predicted octanol–water partition coefficient (Wildman–Crippen LogP) is 3.01. The molecule has 0 radical (unpaired) electrons. The number of hydrogen-bond acceptors (Lipinski definition) is 3. The van der Waals surface area contributed by atoms with E-state index >= 15 is 0 Å². The summed E-state index contributed by atoms with van der Waals surface area (Å²) in [4.78, 5) is 0.360. The fraction of sp³-hybridized carbons (Fsp3) is 0.562. The highest BCUT2D eigenvalue weighted by Crippen LogP contribution is 2.37. The summed E-state index contributed by atoms with van der Waals surface area (Å²) in [5.74, 6) is 0.434. The second-order valence-corrected chi connectivity index (χ2v) is 7.73. The van der Waals surface area contributed by atoms with Crippen molar-refractivity contribution >= 4 is 10.0 Å². The lowest BCUT2D eigenvalue weighted by molar-refractivity contribution is 0.314. The Morgan fingerprint density at radius 2 is 2.05 bits per heavy atom. The maximum Gasteiger partial charge on any atom is 0.243 e. The molecular formula is C16H22N2O2S. The zero-order chi connectivity index (χ0) is 15.6. The molecule has 1 atom stereocenters. The monoisotopic (exact) mass is 306 g/mol. The first-order chi connectivity index (χ1) is 9.87. The lowest BCUT2D eigenvalue weighted by atomic mass is 10.2. The summed E-state index contributed by atoms with van der Waals surface area (Å²) in [6.45, 7) is 5.99. The molecule has 0 aliphatic heterocycles. The van der Waals surface area contributed by atoms with Crippen LogP contribution in [0.3, 0.4) is 0 Å². The maximum absolute atomic E-state index is 13.0. The van der Waals surface area contributed by atoms with Crippen LogP contribution in [0.1, 0.15) is 37.3 Å². The Hall–Kier alpha value is -1.38. The number of nitriles is 1. The lowest BCUT2D eigenvalue weighted by Crippen LogP contribution is -2.40. The van der Waals surface area contributed by atoms with Gasteiger partial charge >= 0.3 is 0 Å². The molecule has 2 rings (SSSR count). The van der Waals surface area contributed by atoms with Gasteiger partial charge in [-0.05, 0) is 51.2 Å². The van der Waals surface area contributed by atoms with Crippen LogP contribution in [0.25, 0.3) is 0 Å². The normalized spacial score (nSPS) is 16.7. The smallest absolute Gasteiger partial charge is 0.207 e. The van der Waals surface area contributed by atoms with Gasteiger partial charge in [0.2, 0.25) is 10.0 Å². The van der Waals surface area contributed by atoms with E-state index in [4.69, 9.17) is 5.26 Å². The van der Waals surface area contributed by atoms with E-state index in [1.165, 1.54) is 4.31 Å². The van der Waals surface area contributed by atoms with Gasteiger partial charge < -0.3 is 0 Å². The summed E-state index contributed by atoms with van der Waals surface area (Å²) >= 11 is 0. The number of sulfonamides is 1. The molecule has 0 heterocycles. The van der Waals surface area contributed by atoms with Crippen molar-refractivity contribution in [1.82, 2.24) is 4.31 Å². The van der Waals surface area contributed by atoms with Gasteiger partial charge in [0.1, 0.15) is 0 Å². The molecule has 0 bridgehead atoms. The third-order valence-electron chi connectivity index (χ3n) is 4.12. The molecular weight excluding hydrogens is 284 g/mol. The molecule has 114 valence electrons. The van der Waals surface area contributed by atoms with Gasteiger partial charge in [0, 0.05) is 19.0 Å². The van der Waals surface area contributed by atoms with Gasteiger partial charge in [-0.25, -0.2) is 8.42 Å². The molecule has 1 saturated carbocycles. The van der Waals surface area contributed by atoms with Gasteiger partial charge in [-0.1, -0.05) is 17.7 Å². The number of rotatable bonds is 6. The zero-order valence-corrected chi connectivity index (χ0v) is 13.7. The van der Waals surface area contributed by atoms with Gasteiger partial charge in [0.15, 0.2) is 0 Å². The summed E-state index contributed by atoms with van der Waals surface area (Å²) in [6, 6.07) is 7.40. The van der Waals surface area contributed by atoms with E-state index in [2.05, 4.69) is 6.07 Å². The maximum atomic E-state index is 13.0. The van der Waals surface area contributed by atoms with Crippen molar-refractivity contribution in [2.24, 2.45) is 5.92 Å². The van der Waals surface area contributed by atoms with Crippen LogP contribution in [0, 0.1) is 31.1 Å². The van der Waals surface area contributed by atoms with Crippen molar-refractivity contribution < 1.29 is 8.42 Å². The van der Waals surface area contributed by atoms with Gasteiger partial charge in [-0.3, -0.25) is 0 Å². The molecule has 1 aliphatic rings.